The largest absolute Gasteiger partial charge is 0.454 e. The number of imidazole rings is 1. The number of halogens is 2. The van der Waals surface area contributed by atoms with Crippen LogP contribution in [-0.2, 0) is 26.2 Å². The second-order valence-electron chi connectivity index (χ2n) is 5.72. The van der Waals surface area contributed by atoms with Crippen molar-refractivity contribution < 1.29 is 26.7 Å². The van der Waals surface area contributed by atoms with Gasteiger partial charge >= 0.3 is 12.5 Å². The van der Waals surface area contributed by atoms with Crippen LogP contribution < -0.4 is 5.14 Å². The van der Waals surface area contributed by atoms with Gasteiger partial charge in [-0.1, -0.05) is 24.3 Å². The fourth-order valence-corrected chi connectivity index (χ4v) is 3.05. The van der Waals surface area contributed by atoms with E-state index in [0.717, 1.165) is 6.08 Å². The third-order valence-corrected chi connectivity index (χ3v) is 4.76. The predicted molar refractivity (Wildman–Crippen MR) is 97.6 cm³/mol. The molecule has 2 N–H and O–H groups in total. The van der Waals surface area contributed by atoms with Crippen LogP contribution in [0.15, 0.2) is 59.5 Å². The molecule has 0 unspecified atom stereocenters. The number of carbonyl (C=O) groups excluding carboxylic acids is 1. The molecule has 10 heteroatoms. The summed E-state index contributed by atoms with van der Waals surface area (Å²) in [7, 11) is -3.80. The molecule has 0 bridgehead atoms. The Morgan fingerprint density at radius 1 is 1.18 bits per heavy atom. The number of nitrogens with two attached hydrogens (primary N) is 1. The highest BCUT2D eigenvalue weighted by Gasteiger charge is 2.18. The topological polar surface area (TPSA) is 104 Å². The van der Waals surface area contributed by atoms with Crippen LogP contribution in [0.4, 0.5) is 8.78 Å². The van der Waals surface area contributed by atoms with Crippen molar-refractivity contribution in [2.75, 3.05) is 0 Å². The number of aromatic nitrogens is 2. The number of alkyl halides is 2. The minimum atomic E-state index is -3.80. The monoisotopic (exact) mass is 407 g/mol. The maximum atomic E-state index is 13.3. The molecule has 1 heterocycles. The summed E-state index contributed by atoms with van der Waals surface area (Å²) in [4.78, 5) is 15.9. The van der Waals surface area contributed by atoms with E-state index in [4.69, 9.17) is 9.88 Å². The minimum absolute atomic E-state index is 0.0573. The van der Waals surface area contributed by atoms with Crippen LogP contribution in [0.5, 0.6) is 0 Å². The molecule has 3 aromatic rings. The zero-order valence-electron chi connectivity index (χ0n) is 14.3. The summed E-state index contributed by atoms with van der Waals surface area (Å²) in [6.07, 6.45) is 2.49. The first-order chi connectivity index (χ1) is 13.3. The molecule has 2 aromatic carbocycles. The molecule has 28 heavy (non-hydrogen) atoms. The van der Waals surface area contributed by atoms with E-state index in [1.165, 1.54) is 36.4 Å². The summed E-state index contributed by atoms with van der Waals surface area (Å²) in [5, 5.41) is 5.00. The summed E-state index contributed by atoms with van der Waals surface area (Å²) >= 11 is 0. The first-order valence-corrected chi connectivity index (χ1v) is 9.52. The van der Waals surface area contributed by atoms with Crippen LogP contribution in [0.1, 0.15) is 17.9 Å². The second kappa shape index (κ2) is 7.87. The summed E-state index contributed by atoms with van der Waals surface area (Å²) in [6.45, 7) is -3.25. The van der Waals surface area contributed by atoms with Crippen molar-refractivity contribution in [2.45, 2.75) is 18.1 Å². The van der Waals surface area contributed by atoms with E-state index >= 15 is 0 Å². The maximum Gasteiger partial charge on any atom is 0.331 e. The number of para-hydroxylation sites is 2. The lowest BCUT2D eigenvalue weighted by atomic mass is 10.2. The van der Waals surface area contributed by atoms with E-state index in [9.17, 15) is 22.0 Å². The van der Waals surface area contributed by atoms with Crippen molar-refractivity contribution in [1.29, 1.82) is 0 Å². The minimum Gasteiger partial charge on any atom is -0.454 e. The Hall–Kier alpha value is -3.11. The van der Waals surface area contributed by atoms with Gasteiger partial charge in [-0.25, -0.2) is 23.3 Å². The number of esters is 1. The van der Waals surface area contributed by atoms with Crippen molar-refractivity contribution in [3.63, 3.8) is 0 Å². The Bertz CT molecular complexity index is 1140. The van der Waals surface area contributed by atoms with E-state index in [1.54, 1.807) is 18.2 Å². The smallest absolute Gasteiger partial charge is 0.331 e. The Kier molecular flexibility index (Phi) is 5.52. The molecule has 0 fully saturated rings. The molecule has 0 aliphatic rings. The number of rotatable bonds is 6. The van der Waals surface area contributed by atoms with Crippen LogP contribution in [0, 0.1) is 0 Å². The third kappa shape index (κ3) is 4.41. The lowest BCUT2D eigenvalue weighted by molar-refractivity contribution is -0.139. The van der Waals surface area contributed by atoms with Crippen LogP contribution in [-0.4, -0.2) is 23.9 Å². The summed E-state index contributed by atoms with van der Waals surface area (Å²) in [6, 6.07) is 11.9. The van der Waals surface area contributed by atoms with Gasteiger partial charge in [-0.05, 0) is 35.9 Å². The highest BCUT2D eigenvalue weighted by molar-refractivity contribution is 7.89. The molecule has 0 spiro atoms. The Morgan fingerprint density at radius 3 is 2.50 bits per heavy atom. The van der Waals surface area contributed by atoms with Gasteiger partial charge in [0.25, 0.3) is 0 Å². The van der Waals surface area contributed by atoms with Gasteiger partial charge in [0.2, 0.25) is 10.0 Å². The van der Waals surface area contributed by atoms with E-state index in [-0.39, 0.29) is 16.2 Å². The van der Waals surface area contributed by atoms with Crippen molar-refractivity contribution in [2.24, 2.45) is 5.14 Å². The third-order valence-electron chi connectivity index (χ3n) is 3.83. The molecule has 3 rings (SSSR count). The second-order valence-corrected chi connectivity index (χ2v) is 7.28. The highest BCUT2D eigenvalue weighted by atomic mass is 32.2. The fourth-order valence-electron chi connectivity index (χ4n) is 2.53. The van der Waals surface area contributed by atoms with Gasteiger partial charge in [-0.15, -0.1) is 0 Å². The van der Waals surface area contributed by atoms with Gasteiger partial charge < -0.3 is 4.74 Å². The van der Waals surface area contributed by atoms with Crippen molar-refractivity contribution in [1.82, 2.24) is 9.55 Å². The van der Waals surface area contributed by atoms with Gasteiger partial charge in [0.15, 0.2) is 5.82 Å². The Morgan fingerprint density at radius 2 is 1.86 bits per heavy atom. The zero-order chi connectivity index (χ0) is 20.3. The van der Waals surface area contributed by atoms with Crippen molar-refractivity contribution in [3.8, 4) is 0 Å². The molecule has 0 aliphatic carbocycles. The number of carbonyl (C=O) groups is 1. The van der Waals surface area contributed by atoms with Gasteiger partial charge in [-0.3, -0.25) is 4.57 Å². The van der Waals surface area contributed by atoms with Gasteiger partial charge in [0.1, 0.15) is 6.61 Å². The lowest BCUT2D eigenvalue weighted by Crippen LogP contribution is -2.11. The number of hydrogen-bond donors (Lipinski definition) is 1. The van der Waals surface area contributed by atoms with Gasteiger partial charge in [0.05, 0.1) is 15.9 Å². The summed E-state index contributed by atoms with van der Waals surface area (Å²) < 4.78 is 54.7. The number of benzene rings is 2. The number of fused-ring (bicyclic) bond motifs is 1. The SMILES string of the molecule is NS(=O)(=O)c1ccc(/C=C/C(=O)OCc2nc3ccccc3n2C(F)F)cc1. The Labute approximate surface area is 159 Å². The van der Waals surface area contributed by atoms with E-state index in [0.29, 0.717) is 15.6 Å². The molecule has 0 amide bonds. The predicted octanol–water partition coefficient (Wildman–Crippen LogP) is 2.84. The lowest BCUT2D eigenvalue weighted by Gasteiger charge is -2.07. The van der Waals surface area contributed by atoms with Crippen LogP contribution in [0.2, 0.25) is 0 Å². The van der Waals surface area contributed by atoms with Crippen LogP contribution >= 0.6 is 0 Å². The molecule has 7 nitrogen and oxygen atoms in total. The molecular formula is C18H15F2N3O4S. The molecule has 0 saturated heterocycles. The number of primary sulfonamides is 1. The number of ether oxygens (including phenoxy) is 1. The number of sulfonamides is 1. The quantitative estimate of drug-likeness (QED) is 0.500. The molecule has 1 aromatic heterocycles. The zero-order valence-corrected chi connectivity index (χ0v) is 15.1. The van der Waals surface area contributed by atoms with Gasteiger partial charge in [0, 0.05) is 6.08 Å². The first kappa shape index (κ1) is 19.6. The number of hydrogen-bond acceptors (Lipinski definition) is 5. The van der Waals surface area contributed by atoms with Crippen molar-refractivity contribution >= 4 is 33.1 Å². The summed E-state index contributed by atoms with van der Waals surface area (Å²) in [5.41, 5.74) is 1.15. The number of nitrogens with zero attached hydrogens (tertiary/aromatic N) is 2. The average molecular weight is 407 g/mol. The van der Waals surface area contributed by atoms with E-state index in [2.05, 4.69) is 4.98 Å². The van der Waals surface area contributed by atoms with E-state index in [1.807, 2.05) is 0 Å². The van der Waals surface area contributed by atoms with Crippen molar-refractivity contribution in [3.05, 3.63) is 66.0 Å². The molecule has 0 radical (unpaired) electrons. The fraction of sp³-hybridized carbons (Fsp3) is 0.111. The first-order valence-electron chi connectivity index (χ1n) is 7.97. The Balaban J connectivity index is 1.68. The van der Waals surface area contributed by atoms with Crippen LogP contribution in [0.3, 0.4) is 0 Å². The molecule has 0 atom stereocenters. The molecule has 146 valence electrons. The van der Waals surface area contributed by atoms with Gasteiger partial charge in [-0.2, -0.15) is 8.78 Å². The standard InChI is InChI=1S/C18H15F2N3O4S/c19-18(20)23-15-4-2-1-3-14(15)22-16(23)11-27-17(24)10-7-12-5-8-13(9-6-12)28(21,25)26/h1-10,18H,11H2,(H2,21,25,26)/b10-7+. The molecule has 0 aliphatic heterocycles. The highest BCUT2D eigenvalue weighted by Crippen LogP contribution is 2.23. The normalized spacial score (nSPS) is 12.1. The average Bonchev–Trinajstić information content (AvgIpc) is 3.03. The van der Waals surface area contributed by atoms with Crippen LogP contribution in [0.25, 0.3) is 17.1 Å². The maximum absolute atomic E-state index is 13.3. The molecule has 0 saturated carbocycles. The van der Waals surface area contributed by atoms with E-state index < -0.39 is 29.1 Å². The summed E-state index contributed by atoms with van der Waals surface area (Å²) in [5.74, 6) is -0.834. The molecular weight excluding hydrogens is 392 g/mol.